The van der Waals surface area contributed by atoms with E-state index in [9.17, 15) is 22.8 Å². The number of rotatable bonds is 14. The van der Waals surface area contributed by atoms with Crippen LogP contribution in [0.15, 0.2) is 66.7 Å². The van der Waals surface area contributed by atoms with Crippen LogP contribution in [-0.2, 0) is 31.8 Å². The lowest BCUT2D eigenvalue weighted by Crippen LogP contribution is -2.48. The molecule has 5 rings (SSSR count). The van der Waals surface area contributed by atoms with E-state index >= 15 is 0 Å². The predicted molar refractivity (Wildman–Crippen MR) is 188 cm³/mol. The molecule has 2 aliphatic heterocycles. The number of amides is 2. The molecule has 2 atom stereocenters. The van der Waals surface area contributed by atoms with Gasteiger partial charge in [-0.1, -0.05) is 24.3 Å². The summed E-state index contributed by atoms with van der Waals surface area (Å²) in [7, 11) is 1.63. The van der Waals surface area contributed by atoms with Crippen LogP contribution in [0.25, 0.3) is 0 Å². The molecule has 1 saturated heterocycles. The Morgan fingerprint density at radius 2 is 1.67 bits per heavy atom. The highest BCUT2D eigenvalue weighted by atomic mass is 19.4. The van der Waals surface area contributed by atoms with E-state index < -0.39 is 23.4 Å². The van der Waals surface area contributed by atoms with Crippen LogP contribution in [0, 0.1) is 0 Å². The third-order valence-corrected chi connectivity index (χ3v) is 8.67. The number of benzene rings is 3. The number of carbonyl (C=O) groups is 2. The summed E-state index contributed by atoms with van der Waals surface area (Å²) in [6.45, 7) is 8.14. The van der Waals surface area contributed by atoms with Crippen molar-refractivity contribution in [3.05, 3.63) is 83.4 Å². The summed E-state index contributed by atoms with van der Waals surface area (Å²) in [5.74, 6) is 1.30. The number of hydrogen-bond acceptors (Lipinski definition) is 8. The fraction of sp³-hybridized carbons (Fsp3) is 0.487. The number of alkyl halides is 3. The van der Waals surface area contributed by atoms with Crippen molar-refractivity contribution in [2.24, 2.45) is 0 Å². The van der Waals surface area contributed by atoms with Gasteiger partial charge in [-0.3, -0.25) is 4.79 Å². The number of fused-ring (bicyclic) bond motifs is 1. The normalized spacial score (nSPS) is 17.7. The summed E-state index contributed by atoms with van der Waals surface area (Å²) in [4.78, 5) is 29.2. The topological polar surface area (TPSA) is 96.0 Å². The zero-order valence-corrected chi connectivity index (χ0v) is 30.1. The smallest absolute Gasteiger partial charge is 0.416 e. The van der Waals surface area contributed by atoms with Gasteiger partial charge in [0.05, 0.1) is 43.7 Å². The van der Waals surface area contributed by atoms with Crippen LogP contribution in [0.5, 0.6) is 17.2 Å². The number of methoxy groups -OCH3 is 1. The second-order valence-electron chi connectivity index (χ2n) is 13.8. The maximum atomic E-state index is 13.1. The highest BCUT2D eigenvalue weighted by Gasteiger charge is 2.35. The summed E-state index contributed by atoms with van der Waals surface area (Å²) in [6, 6.07) is 18.2. The Morgan fingerprint density at radius 1 is 0.923 bits per heavy atom. The number of ether oxygens (including phenoxy) is 6. The van der Waals surface area contributed by atoms with Crippen LogP contribution in [0.1, 0.15) is 62.6 Å². The van der Waals surface area contributed by atoms with Crippen molar-refractivity contribution in [2.45, 2.75) is 70.4 Å². The lowest BCUT2D eigenvalue weighted by Gasteiger charge is -2.39. The monoisotopic (exact) mass is 728 g/mol. The van der Waals surface area contributed by atoms with Crippen LogP contribution < -0.4 is 19.1 Å². The first-order chi connectivity index (χ1) is 24.8. The average Bonchev–Trinajstić information content (AvgIpc) is 3.11. The standard InChI is InChI=1S/C39H47F3N2O8/c1-38(2,3)52-37(46)43-18-16-32(28-11-13-30(14-12-28)48-20-7-21-49-31-9-5-8-29(23-31)39(40,41)42)35(24-43)50-25-27-10-15-34-33(22-27)44(17-6-19-47-4)36(45)26-51-34/h5,8-15,22-23,32,35H,6-7,16-21,24-26H2,1-4H3. The molecule has 13 heteroatoms. The van der Waals surface area contributed by atoms with Gasteiger partial charge in [-0.2, -0.15) is 13.2 Å². The molecule has 2 amide bonds. The van der Waals surface area contributed by atoms with Crippen molar-refractivity contribution >= 4 is 17.7 Å². The molecule has 0 saturated carbocycles. The minimum absolute atomic E-state index is 0.0123. The lowest BCUT2D eigenvalue weighted by atomic mass is 9.87. The summed E-state index contributed by atoms with van der Waals surface area (Å²) in [5.41, 5.74) is 1.20. The SMILES string of the molecule is COCCCN1C(=O)COc2ccc(COC3CN(C(=O)OC(C)(C)C)CCC3c3ccc(OCCCOc4cccc(C(F)(F)F)c4)cc3)cc21. The first kappa shape index (κ1) is 38.7. The number of nitrogens with zero attached hydrogens (tertiary/aromatic N) is 2. The molecular weight excluding hydrogens is 681 g/mol. The van der Waals surface area contributed by atoms with E-state index in [0.29, 0.717) is 69.3 Å². The van der Waals surface area contributed by atoms with Crippen LogP contribution in [0.2, 0.25) is 0 Å². The Labute approximate surface area is 302 Å². The fourth-order valence-corrected chi connectivity index (χ4v) is 6.12. The Kier molecular flexibility index (Phi) is 12.9. The molecule has 52 heavy (non-hydrogen) atoms. The summed E-state index contributed by atoms with van der Waals surface area (Å²) in [5, 5.41) is 0. The van der Waals surface area contributed by atoms with Gasteiger partial charge < -0.3 is 38.2 Å². The molecule has 282 valence electrons. The number of anilines is 1. The number of carbonyl (C=O) groups excluding carboxylic acids is 2. The van der Waals surface area contributed by atoms with Gasteiger partial charge in [0.2, 0.25) is 0 Å². The van der Waals surface area contributed by atoms with E-state index in [1.54, 1.807) is 16.9 Å². The van der Waals surface area contributed by atoms with Gasteiger partial charge in [0, 0.05) is 39.1 Å². The van der Waals surface area contributed by atoms with Crippen molar-refractivity contribution in [1.29, 1.82) is 0 Å². The highest BCUT2D eigenvalue weighted by Crippen LogP contribution is 2.36. The van der Waals surface area contributed by atoms with E-state index in [2.05, 4.69) is 0 Å². The predicted octanol–water partition coefficient (Wildman–Crippen LogP) is 7.63. The van der Waals surface area contributed by atoms with Crippen LogP contribution in [-0.4, -0.2) is 81.8 Å². The molecular formula is C39H47F3N2O8. The molecule has 0 radical (unpaired) electrons. The fourth-order valence-electron chi connectivity index (χ4n) is 6.12. The molecule has 0 spiro atoms. The highest BCUT2D eigenvalue weighted by molar-refractivity contribution is 5.97. The first-order valence-corrected chi connectivity index (χ1v) is 17.5. The Morgan fingerprint density at radius 3 is 2.38 bits per heavy atom. The number of halogens is 3. The number of hydrogen-bond donors (Lipinski definition) is 0. The van der Waals surface area contributed by atoms with E-state index in [1.165, 1.54) is 12.1 Å². The largest absolute Gasteiger partial charge is 0.493 e. The molecule has 1 fully saturated rings. The Hall–Kier alpha value is -4.49. The third-order valence-electron chi connectivity index (χ3n) is 8.67. The minimum Gasteiger partial charge on any atom is -0.493 e. The molecule has 2 aliphatic rings. The molecule has 2 unspecified atom stereocenters. The minimum atomic E-state index is -4.43. The van der Waals surface area contributed by atoms with Crippen molar-refractivity contribution < 1.29 is 51.2 Å². The first-order valence-electron chi connectivity index (χ1n) is 17.5. The molecule has 0 bridgehead atoms. The van der Waals surface area contributed by atoms with Crippen LogP contribution >= 0.6 is 0 Å². The van der Waals surface area contributed by atoms with Gasteiger partial charge in [0.1, 0.15) is 22.8 Å². The van der Waals surface area contributed by atoms with Gasteiger partial charge >= 0.3 is 12.3 Å². The molecule has 3 aromatic rings. The van der Waals surface area contributed by atoms with Crippen LogP contribution in [0.4, 0.5) is 23.7 Å². The number of likely N-dealkylation sites (tertiary alicyclic amines) is 1. The van der Waals surface area contributed by atoms with Gasteiger partial charge in [0.15, 0.2) is 6.61 Å². The van der Waals surface area contributed by atoms with E-state index in [0.717, 1.165) is 23.3 Å². The molecule has 2 heterocycles. The summed E-state index contributed by atoms with van der Waals surface area (Å²) in [6.07, 6.45) is -3.36. The van der Waals surface area contributed by atoms with E-state index in [4.69, 9.17) is 28.4 Å². The Balaban J connectivity index is 1.21. The van der Waals surface area contributed by atoms with Gasteiger partial charge in [-0.05, 0) is 87.2 Å². The van der Waals surface area contributed by atoms with E-state index in [-0.39, 0.29) is 43.5 Å². The van der Waals surface area contributed by atoms with Crippen molar-refractivity contribution in [3.8, 4) is 17.2 Å². The molecule has 3 aromatic carbocycles. The van der Waals surface area contributed by atoms with Gasteiger partial charge in [-0.15, -0.1) is 0 Å². The van der Waals surface area contributed by atoms with Crippen molar-refractivity contribution in [2.75, 3.05) is 58.1 Å². The maximum absolute atomic E-state index is 13.1. The zero-order chi connectivity index (χ0) is 37.3. The maximum Gasteiger partial charge on any atom is 0.416 e. The van der Waals surface area contributed by atoms with Crippen LogP contribution in [0.3, 0.4) is 0 Å². The second kappa shape index (κ2) is 17.4. The quantitative estimate of drug-likeness (QED) is 0.157. The summed E-state index contributed by atoms with van der Waals surface area (Å²) < 4.78 is 73.4. The van der Waals surface area contributed by atoms with Gasteiger partial charge in [0.25, 0.3) is 5.91 Å². The van der Waals surface area contributed by atoms with E-state index in [1.807, 2.05) is 63.2 Å². The van der Waals surface area contributed by atoms with Gasteiger partial charge in [-0.25, -0.2) is 4.79 Å². The molecule has 10 nitrogen and oxygen atoms in total. The zero-order valence-electron chi connectivity index (χ0n) is 30.1. The Bertz CT molecular complexity index is 1640. The lowest BCUT2D eigenvalue weighted by molar-refractivity contribution is -0.137. The molecule has 0 aliphatic carbocycles. The summed E-state index contributed by atoms with van der Waals surface area (Å²) >= 11 is 0. The average molecular weight is 729 g/mol. The third kappa shape index (κ3) is 10.8. The molecule has 0 N–H and O–H groups in total. The van der Waals surface area contributed by atoms with Crippen molar-refractivity contribution in [3.63, 3.8) is 0 Å². The van der Waals surface area contributed by atoms with Crippen molar-refractivity contribution in [1.82, 2.24) is 4.90 Å². The second-order valence-corrected chi connectivity index (χ2v) is 13.8. The molecule has 0 aromatic heterocycles. The number of piperidine rings is 1.